The molecule has 1 amide bonds. The minimum atomic E-state index is -0.0335. The van der Waals surface area contributed by atoms with Crippen molar-refractivity contribution in [2.45, 2.75) is 25.4 Å². The SMILES string of the molecule is O=C(Cc1ccccc1Cl)N1CCC[C@@H](Oc2ccncn2)C1. The van der Waals surface area contributed by atoms with E-state index in [0.717, 1.165) is 24.9 Å². The quantitative estimate of drug-likeness (QED) is 0.864. The lowest BCUT2D eigenvalue weighted by Gasteiger charge is -2.32. The number of piperidine rings is 1. The number of nitrogens with zero attached hydrogens (tertiary/aromatic N) is 3. The third kappa shape index (κ3) is 4.20. The average molecular weight is 332 g/mol. The van der Waals surface area contributed by atoms with Crippen LogP contribution in [0.3, 0.4) is 0 Å². The number of hydrogen-bond donors (Lipinski definition) is 0. The maximum atomic E-state index is 12.5. The predicted molar refractivity (Wildman–Crippen MR) is 87.4 cm³/mol. The smallest absolute Gasteiger partial charge is 0.227 e. The van der Waals surface area contributed by atoms with E-state index in [9.17, 15) is 4.79 Å². The zero-order chi connectivity index (χ0) is 16.1. The van der Waals surface area contributed by atoms with E-state index >= 15 is 0 Å². The predicted octanol–water partition coefficient (Wildman–Crippen LogP) is 2.74. The fourth-order valence-corrected chi connectivity index (χ4v) is 2.90. The van der Waals surface area contributed by atoms with Gasteiger partial charge in [-0.25, -0.2) is 9.97 Å². The monoisotopic (exact) mass is 331 g/mol. The largest absolute Gasteiger partial charge is 0.472 e. The summed E-state index contributed by atoms with van der Waals surface area (Å²) >= 11 is 6.13. The van der Waals surface area contributed by atoms with Crippen molar-refractivity contribution in [3.05, 3.63) is 53.4 Å². The number of likely N-dealkylation sites (tertiary alicyclic amines) is 1. The van der Waals surface area contributed by atoms with Gasteiger partial charge in [-0.05, 0) is 24.5 Å². The van der Waals surface area contributed by atoms with E-state index in [1.54, 1.807) is 18.3 Å². The van der Waals surface area contributed by atoms with Crippen LogP contribution in [-0.4, -0.2) is 40.0 Å². The van der Waals surface area contributed by atoms with Crippen LogP contribution >= 0.6 is 11.6 Å². The molecule has 0 aliphatic carbocycles. The first-order chi connectivity index (χ1) is 11.2. The molecule has 0 N–H and O–H groups in total. The summed E-state index contributed by atoms with van der Waals surface area (Å²) in [6.07, 6.45) is 5.22. The molecule has 1 aromatic carbocycles. The highest BCUT2D eigenvalue weighted by Gasteiger charge is 2.25. The molecular weight excluding hydrogens is 314 g/mol. The second-order valence-corrected chi connectivity index (χ2v) is 5.94. The molecule has 1 aromatic heterocycles. The molecule has 0 unspecified atom stereocenters. The number of amides is 1. The van der Waals surface area contributed by atoms with Crippen LogP contribution in [0.25, 0.3) is 0 Å². The molecule has 0 saturated carbocycles. The highest BCUT2D eigenvalue weighted by Crippen LogP contribution is 2.19. The first-order valence-electron chi connectivity index (χ1n) is 7.66. The molecule has 0 spiro atoms. The van der Waals surface area contributed by atoms with Crippen LogP contribution in [0.2, 0.25) is 5.02 Å². The number of halogens is 1. The molecular formula is C17H18ClN3O2. The normalized spacial score (nSPS) is 17.8. The summed E-state index contributed by atoms with van der Waals surface area (Å²) in [6.45, 7) is 1.33. The molecule has 0 bridgehead atoms. The van der Waals surface area contributed by atoms with Crippen LogP contribution < -0.4 is 4.74 Å². The number of hydrogen-bond acceptors (Lipinski definition) is 4. The summed E-state index contributed by atoms with van der Waals surface area (Å²) in [5.74, 6) is 0.625. The Balaban J connectivity index is 1.59. The first kappa shape index (κ1) is 15.7. The molecule has 6 heteroatoms. The zero-order valence-electron chi connectivity index (χ0n) is 12.7. The maximum Gasteiger partial charge on any atom is 0.227 e. The van der Waals surface area contributed by atoms with Gasteiger partial charge in [0.2, 0.25) is 11.8 Å². The van der Waals surface area contributed by atoms with Crippen molar-refractivity contribution >= 4 is 17.5 Å². The molecule has 0 radical (unpaired) electrons. The van der Waals surface area contributed by atoms with E-state index in [4.69, 9.17) is 16.3 Å². The minimum Gasteiger partial charge on any atom is -0.472 e. The summed E-state index contributed by atoms with van der Waals surface area (Å²) in [4.78, 5) is 22.3. The minimum absolute atomic E-state index is 0.0335. The van der Waals surface area contributed by atoms with Gasteiger partial charge >= 0.3 is 0 Å². The van der Waals surface area contributed by atoms with Gasteiger partial charge in [-0.3, -0.25) is 4.79 Å². The Hall–Kier alpha value is -2.14. The highest BCUT2D eigenvalue weighted by atomic mass is 35.5. The van der Waals surface area contributed by atoms with Crippen LogP contribution in [0.1, 0.15) is 18.4 Å². The molecule has 5 nitrogen and oxygen atoms in total. The Morgan fingerprint density at radius 1 is 1.35 bits per heavy atom. The standard InChI is InChI=1S/C17H18ClN3O2/c18-15-6-2-1-4-13(15)10-17(22)21-9-3-5-14(11-21)23-16-7-8-19-12-20-16/h1-2,4,6-8,12,14H,3,5,9-11H2/t14-/m1/s1. The van der Waals surface area contributed by atoms with Crippen LogP contribution in [0.15, 0.2) is 42.9 Å². The second-order valence-electron chi connectivity index (χ2n) is 5.54. The fourth-order valence-electron chi connectivity index (χ4n) is 2.70. The van der Waals surface area contributed by atoms with E-state index in [-0.39, 0.29) is 12.0 Å². The topological polar surface area (TPSA) is 55.3 Å². The Kier molecular flexibility index (Phi) is 5.08. The van der Waals surface area contributed by atoms with Gasteiger partial charge in [0.05, 0.1) is 13.0 Å². The molecule has 23 heavy (non-hydrogen) atoms. The molecule has 1 atom stereocenters. The van der Waals surface area contributed by atoms with Crippen LogP contribution in [-0.2, 0) is 11.2 Å². The van der Waals surface area contributed by atoms with Gasteiger partial charge in [-0.15, -0.1) is 0 Å². The molecule has 2 heterocycles. The lowest BCUT2D eigenvalue weighted by molar-refractivity contribution is -0.133. The number of carbonyl (C=O) groups excluding carboxylic acids is 1. The van der Waals surface area contributed by atoms with Crippen LogP contribution in [0.4, 0.5) is 0 Å². The maximum absolute atomic E-state index is 12.5. The van der Waals surface area contributed by atoms with E-state index in [1.165, 1.54) is 6.33 Å². The molecule has 1 aliphatic heterocycles. The number of benzene rings is 1. The fraction of sp³-hybridized carbons (Fsp3) is 0.353. The van der Waals surface area contributed by atoms with Gasteiger partial charge in [0, 0.05) is 23.8 Å². The highest BCUT2D eigenvalue weighted by molar-refractivity contribution is 6.31. The molecule has 2 aromatic rings. The number of rotatable bonds is 4. The Bertz CT molecular complexity index is 666. The van der Waals surface area contributed by atoms with E-state index in [1.807, 2.05) is 23.1 Å². The van der Waals surface area contributed by atoms with Gasteiger partial charge in [0.1, 0.15) is 12.4 Å². The summed E-state index contributed by atoms with van der Waals surface area (Å²) in [5, 5.41) is 0.631. The summed E-state index contributed by atoms with van der Waals surface area (Å²) in [6, 6.07) is 9.18. The van der Waals surface area contributed by atoms with Gasteiger partial charge in [0.15, 0.2) is 0 Å². The summed E-state index contributed by atoms with van der Waals surface area (Å²) < 4.78 is 5.84. The number of aromatic nitrogens is 2. The van der Waals surface area contributed by atoms with Gasteiger partial charge in [-0.1, -0.05) is 29.8 Å². The van der Waals surface area contributed by atoms with E-state index in [0.29, 0.717) is 23.9 Å². The molecule has 3 rings (SSSR count). The molecule has 1 aliphatic rings. The van der Waals surface area contributed by atoms with Crippen molar-refractivity contribution in [3.63, 3.8) is 0 Å². The Morgan fingerprint density at radius 3 is 3.00 bits per heavy atom. The average Bonchev–Trinajstić information content (AvgIpc) is 2.58. The second kappa shape index (κ2) is 7.42. The first-order valence-corrected chi connectivity index (χ1v) is 8.04. The third-order valence-electron chi connectivity index (χ3n) is 3.87. The molecule has 1 fully saturated rings. The lowest BCUT2D eigenvalue weighted by atomic mass is 10.1. The van der Waals surface area contributed by atoms with Crippen molar-refractivity contribution in [2.75, 3.05) is 13.1 Å². The number of ether oxygens (including phenoxy) is 1. The van der Waals surface area contributed by atoms with Gasteiger partial charge in [0.25, 0.3) is 0 Å². The van der Waals surface area contributed by atoms with Gasteiger partial charge < -0.3 is 9.64 Å². The van der Waals surface area contributed by atoms with Crippen LogP contribution in [0.5, 0.6) is 5.88 Å². The molecule has 1 saturated heterocycles. The molecule has 120 valence electrons. The van der Waals surface area contributed by atoms with E-state index in [2.05, 4.69) is 9.97 Å². The lowest BCUT2D eigenvalue weighted by Crippen LogP contribution is -2.45. The van der Waals surface area contributed by atoms with Crippen molar-refractivity contribution in [1.82, 2.24) is 14.9 Å². The third-order valence-corrected chi connectivity index (χ3v) is 4.24. The summed E-state index contributed by atoms with van der Waals surface area (Å²) in [5.41, 5.74) is 0.859. The van der Waals surface area contributed by atoms with E-state index < -0.39 is 0 Å². The zero-order valence-corrected chi connectivity index (χ0v) is 13.4. The van der Waals surface area contributed by atoms with Crippen molar-refractivity contribution in [2.24, 2.45) is 0 Å². The van der Waals surface area contributed by atoms with Crippen molar-refractivity contribution in [3.8, 4) is 5.88 Å². The number of carbonyl (C=O) groups is 1. The summed E-state index contributed by atoms with van der Waals surface area (Å²) in [7, 11) is 0. The Morgan fingerprint density at radius 2 is 2.22 bits per heavy atom. The van der Waals surface area contributed by atoms with Gasteiger partial charge in [-0.2, -0.15) is 0 Å². The van der Waals surface area contributed by atoms with Crippen molar-refractivity contribution in [1.29, 1.82) is 0 Å². The van der Waals surface area contributed by atoms with Crippen molar-refractivity contribution < 1.29 is 9.53 Å². The Labute approximate surface area is 140 Å². The van der Waals surface area contributed by atoms with Crippen LogP contribution in [0, 0.1) is 0 Å².